The molecule has 1 aromatic carbocycles. The summed E-state index contributed by atoms with van der Waals surface area (Å²) in [7, 11) is 2.28. The molecule has 258 valence electrons. The maximum Gasteiger partial charge on any atom is 0.328 e. The normalized spacial score (nSPS) is 12.6. The van der Waals surface area contributed by atoms with Gasteiger partial charge in [-0.25, -0.2) is 9.86 Å². The van der Waals surface area contributed by atoms with Crippen molar-refractivity contribution in [2.75, 3.05) is 27.5 Å². The highest BCUT2D eigenvalue weighted by molar-refractivity contribution is 6.00. The molecular formula is C32H44N4O11. The number of amides is 4. The van der Waals surface area contributed by atoms with Gasteiger partial charge in [-0.2, -0.15) is 0 Å². The summed E-state index contributed by atoms with van der Waals surface area (Å²) in [6.07, 6.45) is 3.23. The number of furan rings is 1. The monoisotopic (exact) mass is 660 g/mol. The molecule has 0 saturated carbocycles. The number of hydrogen-bond acceptors (Lipinski definition) is 11. The quantitative estimate of drug-likeness (QED) is 0.0406. The third-order valence-corrected chi connectivity index (χ3v) is 7.33. The van der Waals surface area contributed by atoms with Crippen LogP contribution in [0.5, 0.6) is 5.75 Å². The average molecular weight is 661 g/mol. The van der Waals surface area contributed by atoms with Crippen LogP contribution in [0.1, 0.15) is 80.2 Å². The molecule has 1 aromatic heterocycles. The molecule has 2 rings (SSSR count). The van der Waals surface area contributed by atoms with Gasteiger partial charge in [0.15, 0.2) is 5.76 Å². The van der Waals surface area contributed by atoms with Gasteiger partial charge in [-0.1, -0.05) is 39.2 Å². The fourth-order valence-corrected chi connectivity index (χ4v) is 4.85. The molecule has 4 N–H and O–H groups in total. The van der Waals surface area contributed by atoms with Crippen LogP contribution in [0.4, 0.5) is 0 Å². The molecule has 0 aliphatic heterocycles. The predicted octanol–water partition coefficient (Wildman–Crippen LogP) is 2.81. The molecule has 15 heteroatoms. The van der Waals surface area contributed by atoms with Gasteiger partial charge >= 0.3 is 11.9 Å². The van der Waals surface area contributed by atoms with E-state index in [1.807, 2.05) is 6.92 Å². The van der Waals surface area contributed by atoms with E-state index in [9.17, 15) is 34.0 Å². The Balaban J connectivity index is 2.13. The molecule has 0 bridgehead atoms. The van der Waals surface area contributed by atoms with Crippen LogP contribution in [0.25, 0.3) is 11.3 Å². The summed E-state index contributed by atoms with van der Waals surface area (Å²) in [4.78, 5) is 73.8. The van der Waals surface area contributed by atoms with Crippen molar-refractivity contribution in [2.24, 2.45) is 5.92 Å². The van der Waals surface area contributed by atoms with Gasteiger partial charge in [0.05, 0.1) is 51.4 Å². The Morgan fingerprint density at radius 1 is 0.979 bits per heavy atom. The molecule has 0 aliphatic carbocycles. The molecule has 0 unspecified atom stereocenters. The smallest absolute Gasteiger partial charge is 0.328 e. The van der Waals surface area contributed by atoms with E-state index < -0.39 is 54.1 Å². The number of esters is 2. The number of nitrogens with one attached hydrogen (secondary N) is 3. The van der Waals surface area contributed by atoms with Gasteiger partial charge in [-0.15, -0.1) is 0 Å². The number of methoxy groups -OCH3 is 2. The summed E-state index contributed by atoms with van der Waals surface area (Å²) in [5.74, 6) is -3.54. The Hall–Kier alpha value is -4.92. The number of benzene rings is 1. The molecule has 3 atom stereocenters. The highest BCUT2D eigenvalue weighted by atomic mass is 16.5. The highest BCUT2D eigenvalue weighted by Crippen LogP contribution is 2.29. The van der Waals surface area contributed by atoms with Gasteiger partial charge < -0.3 is 34.6 Å². The number of rotatable bonds is 20. The number of hydrogen-bond donors (Lipinski definition) is 4. The number of carbonyl (C=O) groups is 6. The van der Waals surface area contributed by atoms with Gasteiger partial charge in [0.1, 0.15) is 17.6 Å². The van der Waals surface area contributed by atoms with Crippen LogP contribution in [0, 0.1) is 5.92 Å². The van der Waals surface area contributed by atoms with E-state index in [0.717, 1.165) is 33.5 Å². The average Bonchev–Trinajstić information content (AvgIpc) is 3.57. The zero-order valence-corrected chi connectivity index (χ0v) is 27.3. The SMILES string of the molecule is CCCCC[C@@H](C(=O)NCNC(=O)c1ccc(-c2ccc(C(=O)N[C@H](CC(=O)OC)C(=O)OC)c(OCC)c2)o1)[C@@H](CC)N(O)C=O. The first-order valence-corrected chi connectivity index (χ1v) is 15.4. The van der Waals surface area contributed by atoms with Crippen molar-refractivity contribution < 1.29 is 52.6 Å². The Kier molecular flexibility index (Phi) is 15.9. The standard InChI is InChI=1S/C32H44N4O11/c1-6-9-10-11-21(24(7-2)36(43)19-37)29(39)33-18-34-31(41)26-15-14-25(47-26)20-12-13-22(27(16-20)46-8-3)30(40)35-23(32(42)45-5)17-28(38)44-4/h12-16,19,21,23-24,43H,6-11,17-18H2,1-5H3,(H,33,39)(H,34,41)(H,35,40)/t21-,23-,24-/m1/s1. The molecule has 0 aliphatic rings. The Morgan fingerprint density at radius 3 is 2.34 bits per heavy atom. The zero-order valence-electron chi connectivity index (χ0n) is 27.3. The summed E-state index contributed by atoms with van der Waals surface area (Å²) in [6.45, 7) is 5.49. The number of hydroxylamine groups is 2. The van der Waals surface area contributed by atoms with E-state index >= 15 is 0 Å². The van der Waals surface area contributed by atoms with Crippen LogP contribution in [-0.4, -0.2) is 85.9 Å². The Labute approximate surface area is 273 Å². The summed E-state index contributed by atoms with van der Waals surface area (Å²) in [5.41, 5.74) is 0.547. The van der Waals surface area contributed by atoms with Crippen LogP contribution in [0.15, 0.2) is 34.7 Å². The minimum absolute atomic E-state index is 0.0498. The zero-order chi connectivity index (χ0) is 34.9. The topological polar surface area (TPSA) is 203 Å². The fourth-order valence-electron chi connectivity index (χ4n) is 4.85. The second kappa shape index (κ2) is 19.6. The molecule has 1 heterocycles. The maximum atomic E-state index is 13.1. The lowest BCUT2D eigenvalue weighted by atomic mass is 9.90. The predicted molar refractivity (Wildman–Crippen MR) is 167 cm³/mol. The van der Waals surface area contributed by atoms with Gasteiger partial charge in [-0.3, -0.25) is 29.2 Å². The van der Waals surface area contributed by atoms with Gasteiger partial charge in [0.25, 0.3) is 11.8 Å². The van der Waals surface area contributed by atoms with Crippen LogP contribution in [0.3, 0.4) is 0 Å². The van der Waals surface area contributed by atoms with Gasteiger partial charge in [0, 0.05) is 5.56 Å². The minimum Gasteiger partial charge on any atom is -0.493 e. The summed E-state index contributed by atoms with van der Waals surface area (Å²) in [6, 6.07) is 5.52. The largest absolute Gasteiger partial charge is 0.493 e. The van der Waals surface area contributed by atoms with Gasteiger partial charge in [0.2, 0.25) is 12.3 Å². The summed E-state index contributed by atoms with van der Waals surface area (Å²) < 4.78 is 20.7. The molecule has 0 fully saturated rings. The molecule has 15 nitrogen and oxygen atoms in total. The summed E-state index contributed by atoms with van der Waals surface area (Å²) >= 11 is 0. The van der Waals surface area contributed by atoms with E-state index in [1.165, 1.54) is 18.2 Å². The first-order chi connectivity index (χ1) is 22.5. The lowest BCUT2D eigenvalue weighted by Gasteiger charge is -2.29. The second-order valence-corrected chi connectivity index (χ2v) is 10.4. The third kappa shape index (κ3) is 11.1. The van der Waals surface area contributed by atoms with Crippen molar-refractivity contribution in [3.05, 3.63) is 41.7 Å². The molecular weight excluding hydrogens is 616 g/mol. The van der Waals surface area contributed by atoms with Gasteiger partial charge in [-0.05, 0) is 44.0 Å². The summed E-state index contributed by atoms with van der Waals surface area (Å²) in [5, 5.41) is 18.2. The first kappa shape index (κ1) is 38.3. The van der Waals surface area contributed by atoms with Crippen molar-refractivity contribution in [1.82, 2.24) is 21.0 Å². The van der Waals surface area contributed by atoms with Crippen molar-refractivity contribution >= 4 is 36.1 Å². The number of nitrogens with zero attached hydrogens (tertiary/aromatic N) is 1. The van der Waals surface area contributed by atoms with Crippen LogP contribution in [-0.2, 0) is 28.7 Å². The number of unbranched alkanes of at least 4 members (excludes halogenated alkanes) is 2. The lowest BCUT2D eigenvalue weighted by molar-refractivity contribution is -0.168. The third-order valence-electron chi connectivity index (χ3n) is 7.33. The van der Waals surface area contributed by atoms with E-state index in [0.29, 0.717) is 23.5 Å². The highest BCUT2D eigenvalue weighted by Gasteiger charge is 2.31. The van der Waals surface area contributed by atoms with Crippen molar-refractivity contribution in [2.45, 2.75) is 71.4 Å². The minimum atomic E-state index is -1.29. The van der Waals surface area contributed by atoms with Crippen molar-refractivity contribution in [3.8, 4) is 17.1 Å². The van der Waals surface area contributed by atoms with Crippen molar-refractivity contribution in [1.29, 1.82) is 0 Å². The first-order valence-electron chi connectivity index (χ1n) is 15.4. The van der Waals surface area contributed by atoms with Crippen LogP contribution < -0.4 is 20.7 Å². The Bertz CT molecular complexity index is 1380. The second-order valence-electron chi connectivity index (χ2n) is 10.4. The van der Waals surface area contributed by atoms with E-state index in [1.54, 1.807) is 26.0 Å². The maximum absolute atomic E-state index is 13.1. The van der Waals surface area contributed by atoms with Crippen LogP contribution >= 0.6 is 0 Å². The fraction of sp³-hybridized carbons (Fsp3) is 0.500. The molecule has 0 radical (unpaired) electrons. The van der Waals surface area contributed by atoms with E-state index in [4.69, 9.17) is 9.15 Å². The number of carbonyl (C=O) groups excluding carboxylic acids is 6. The van der Waals surface area contributed by atoms with Crippen LogP contribution in [0.2, 0.25) is 0 Å². The molecule has 4 amide bonds. The van der Waals surface area contributed by atoms with E-state index in [-0.39, 0.29) is 42.5 Å². The molecule has 2 aromatic rings. The molecule has 0 spiro atoms. The molecule has 0 saturated heterocycles. The molecule has 47 heavy (non-hydrogen) atoms. The lowest BCUT2D eigenvalue weighted by Crippen LogP contribution is -2.47. The number of ether oxygens (including phenoxy) is 3. The Morgan fingerprint density at radius 2 is 1.72 bits per heavy atom. The van der Waals surface area contributed by atoms with Crippen molar-refractivity contribution in [3.63, 3.8) is 0 Å². The van der Waals surface area contributed by atoms with E-state index in [2.05, 4.69) is 25.4 Å².